The summed E-state index contributed by atoms with van der Waals surface area (Å²) >= 11 is 0. The van der Waals surface area contributed by atoms with Gasteiger partial charge in [-0.1, -0.05) is 0 Å². The van der Waals surface area contributed by atoms with E-state index in [0.29, 0.717) is 18.4 Å². The Morgan fingerprint density at radius 2 is 2.30 bits per heavy atom. The average Bonchev–Trinajstić information content (AvgIpc) is 2.61. The number of hydrogen-bond acceptors (Lipinski definition) is 2. The van der Waals surface area contributed by atoms with Crippen LogP contribution in [0.4, 0.5) is 4.79 Å². The van der Waals surface area contributed by atoms with E-state index in [1.807, 2.05) is 0 Å². The molecule has 2 unspecified atom stereocenters. The second-order valence-corrected chi connectivity index (χ2v) is 2.62. The van der Waals surface area contributed by atoms with Gasteiger partial charge in [-0.3, -0.25) is 0 Å². The molecule has 0 aliphatic heterocycles. The smallest absolute Gasteiger partial charge is 0.404 e. The molecule has 0 spiro atoms. The van der Waals surface area contributed by atoms with Crippen LogP contribution in [-0.4, -0.2) is 29.5 Å². The van der Waals surface area contributed by atoms with Gasteiger partial charge in [0, 0.05) is 13.2 Å². The number of hydrogen-bond donors (Lipinski definition) is 3. The zero-order valence-electron chi connectivity index (χ0n) is 5.58. The van der Waals surface area contributed by atoms with Crippen molar-refractivity contribution in [2.75, 3.05) is 13.2 Å². The third-order valence-corrected chi connectivity index (χ3v) is 1.82. The fraction of sp³-hybridized carbons (Fsp3) is 0.833. The topological polar surface area (TPSA) is 69.6 Å². The first kappa shape index (κ1) is 7.34. The summed E-state index contributed by atoms with van der Waals surface area (Å²) < 4.78 is 0. The predicted molar refractivity (Wildman–Crippen MR) is 34.7 cm³/mol. The molecule has 4 heteroatoms. The van der Waals surface area contributed by atoms with E-state index in [-0.39, 0.29) is 6.61 Å². The quantitative estimate of drug-likeness (QED) is 0.518. The van der Waals surface area contributed by atoms with Gasteiger partial charge < -0.3 is 15.5 Å². The van der Waals surface area contributed by atoms with E-state index < -0.39 is 6.09 Å². The minimum absolute atomic E-state index is 0.186. The van der Waals surface area contributed by atoms with Gasteiger partial charge in [0.05, 0.1) is 0 Å². The summed E-state index contributed by atoms with van der Waals surface area (Å²) in [5.41, 5.74) is 0. The molecule has 0 radical (unpaired) electrons. The molecule has 10 heavy (non-hydrogen) atoms. The molecule has 0 aromatic carbocycles. The van der Waals surface area contributed by atoms with Crippen molar-refractivity contribution in [1.29, 1.82) is 0 Å². The van der Waals surface area contributed by atoms with Crippen LogP contribution in [0.5, 0.6) is 0 Å². The number of aliphatic hydroxyl groups excluding tert-OH is 1. The summed E-state index contributed by atoms with van der Waals surface area (Å²) in [7, 11) is 0. The molecular formula is C6H11NO3. The van der Waals surface area contributed by atoms with E-state index in [0.717, 1.165) is 6.42 Å². The highest BCUT2D eigenvalue weighted by Gasteiger charge is 2.36. The fourth-order valence-electron chi connectivity index (χ4n) is 1.00. The van der Waals surface area contributed by atoms with Crippen LogP contribution in [0.15, 0.2) is 0 Å². The van der Waals surface area contributed by atoms with Crippen LogP contribution < -0.4 is 5.32 Å². The lowest BCUT2D eigenvalue weighted by Crippen LogP contribution is -2.23. The third kappa shape index (κ3) is 1.88. The Labute approximate surface area is 58.9 Å². The van der Waals surface area contributed by atoms with Crippen molar-refractivity contribution >= 4 is 6.09 Å². The highest BCUT2D eigenvalue weighted by Crippen LogP contribution is 2.36. The first-order chi connectivity index (χ1) is 4.74. The summed E-state index contributed by atoms with van der Waals surface area (Å²) in [6, 6.07) is 0. The highest BCUT2D eigenvalue weighted by atomic mass is 16.4. The number of amides is 1. The number of nitrogens with one attached hydrogen (secondary N) is 1. The molecule has 0 aromatic rings. The summed E-state index contributed by atoms with van der Waals surface area (Å²) in [5, 5.41) is 19.0. The zero-order valence-corrected chi connectivity index (χ0v) is 5.58. The van der Waals surface area contributed by atoms with Crippen molar-refractivity contribution in [3.8, 4) is 0 Å². The van der Waals surface area contributed by atoms with Gasteiger partial charge in [-0.05, 0) is 18.3 Å². The van der Waals surface area contributed by atoms with Crippen molar-refractivity contribution in [1.82, 2.24) is 5.32 Å². The molecule has 1 amide bonds. The van der Waals surface area contributed by atoms with Crippen LogP contribution in [0.1, 0.15) is 6.42 Å². The Morgan fingerprint density at radius 1 is 1.60 bits per heavy atom. The summed E-state index contributed by atoms with van der Waals surface area (Å²) in [5.74, 6) is 0.716. The number of aliphatic hydroxyl groups is 1. The molecule has 0 heterocycles. The largest absolute Gasteiger partial charge is 0.465 e. The molecule has 3 N–H and O–H groups in total. The molecule has 1 saturated carbocycles. The maximum absolute atomic E-state index is 9.95. The molecule has 1 rings (SSSR count). The molecule has 0 aromatic heterocycles. The monoisotopic (exact) mass is 145 g/mol. The minimum Gasteiger partial charge on any atom is -0.465 e. The summed E-state index contributed by atoms with van der Waals surface area (Å²) in [4.78, 5) is 9.95. The zero-order chi connectivity index (χ0) is 7.56. The fourth-order valence-corrected chi connectivity index (χ4v) is 1.00. The molecular weight excluding hydrogens is 134 g/mol. The van der Waals surface area contributed by atoms with Gasteiger partial charge in [0.15, 0.2) is 0 Å². The molecule has 4 nitrogen and oxygen atoms in total. The van der Waals surface area contributed by atoms with Gasteiger partial charge in [0.25, 0.3) is 0 Å². The number of carbonyl (C=O) groups is 1. The van der Waals surface area contributed by atoms with E-state index in [4.69, 9.17) is 10.2 Å². The Hall–Kier alpha value is -0.770. The maximum atomic E-state index is 9.95. The lowest BCUT2D eigenvalue weighted by molar-refractivity contribution is 0.193. The van der Waals surface area contributed by atoms with E-state index in [9.17, 15) is 4.79 Å². The SMILES string of the molecule is O=C(O)NCC1CC1CO. The van der Waals surface area contributed by atoms with E-state index in [2.05, 4.69) is 5.32 Å². The van der Waals surface area contributed by atoms with Crippen LogP contribution in [-0.2, 0) is 0 Å². The molecule has 1 aliphatic rings. The molecule has 1 fully saturated rings. The lowest BCUT2D eigenvalue weighted by atomic mass is 10.3. The maximum Gasteiger partial charge on any atom is 0.404 e. The summed E-state index contributed by atoms with van der Waals surface area (Å²) in [6.07, 6.45) is -0.0276. The van der Waals surface area contributed by atoms with Crippen molar-refractivity contribution < 1.29 is 15.0 Å². The van der Waals surface area contributed by atoms with E-state index >= 15 is 0 Å². The Balaban J connectivity index is 2.01. The predicted octanol–water partition coefficient (Wildman–Crippen LogP) is -0.118. The van der Waals surface area contributed by atoms with Gasteiger partial charge in [0.1, 0.15) is 0 Å². The van der Waals surface area contributed by atoms with E-state index in [1.54, 1.807) is 0 Å². The second-order valence-electron chi connectivity index (χ2n) is 2.62. The molecule has 1 aliphatic carbocycles. The molecule has 2 atom stereocenters. The third-order valence-electron chi connectivity index (χ3n) is 1.82. The van der Waals surface area contributed by atoms with Crippen molar-refractivity contribution in [3.63, 3.8) is 0 Å². The molecule has 58 valence electrons. The van der Waals surface area contributed by atoms with Crippen molar-refractivity contribution in [2.24, 2.45) is 11.8 Å². The Morgan fingerprint density at radius 3 is 2.70 bits per heavy atom. The van der Waals surface area contributed by atoms with Gasteiger partial charge >= 0.3 is 6.09 Å². The molecule has 0 saturated heterocycles. The van der Waals surface area contributed by atoms with Crippen LogP contribution in [0.25, 0.3) is 0 Å². The van der Waals surface area contributed by atoms with Crippen LogP contribution in [0.3, 0.4) is 0 Å². The second kappa shape index (κ2) is 2.88. The lowest BCUT2D eigenvalue weighted by Gasteiger charge is -1.96. The average molecular weight is 145 g/mol. The first-order valence-electron chi connectivity index (χ1n) is 3.31. The van der Waals surface area contributed by atoms with Gasteiger partial charge in [0.2, 0.25) is 0 Å². The minimum atomic E-state index is -0.983. The Bertz CT molecular complexity index is 137. The normalized spacial score (nSPS) is 29.7. The number of carboxylic acid groups (broad SMARTS) is 1. The highest BCUT2D eigenvalue weighted by molar-refractivity contribution is 5.64. The van der Waals surface area contributed by atoms with Crippen LogP contribution in [0, 0.1) is 11.8 Å². The van der Waals surface area contributed by atoms with Crippen molar-refractivity contribution in [3.05, 3.63) is 0 Å². The van der Waals surface area contributed by atoms with Gasteiger partial charge in [-0.2, -0.15) is 0 Å². The van der Waals surface area contributed by atoms with Gasteiger partial charge in [-0.15, -0.1) is 0 Å². The Kier molecular flexibility index (Phi) is 2.11. The van der Waals surface area contributed by atoms with Gasteiger partial charge in [-0.25, -0.2) is 4.79 Å². The van der Waals surface area contributed by atoms with Crippen LogP contribution >= 0.6 is 0 Å². The van der Waals surface area contributed by atoms with Crippen LogP contribution in [0.2, 0.25) is 0 Å². The standard InChI is InChI=1S/C6H11NO3/c8-3-5-1-4(5)2-7-6(9)10/h4-5,7-8H,1-3H2,(H,9,10). The van der Waals surface area contributed by atoms with E-state index in [1.165, 1.54) is 0 Å². The first-order valence-corrected chi connectivity index (χ1v) is 3.31. The molecule has 0 bridgehead atoms. The summed E-state index contributed by atoms with van der Waals surface area (Å²) in [6.45, 7) is 0.673. The number of rotatable bonds is 3. The van der Waals surface area contributed by atoms with Crippen molar-refractivity contribution in [2.45, 2.75) is 6.42 Å².